The highest BCUT2D eigenvalue weighted by molar-refractivity contribution is 14.0. The zero-order valence-electron chi connectivity index (χ0n) is 18.0. The highest BCUT2D eigenvalue weighted by atomic mass is 127. The highest BCUT2D eigenvalue weighted by Gasteiger charge is 2.22. The van der Waals surface area contributed by atoms with E-state index in [4.69, 9.17) is 4.42 Å². The van der Waals surface area contributed by atoms with Crippen LogP contribution < -0.4 is 10.6 Å². The van der Waals surface area contributed by atoms with E-state index in [0.717, 1.165) is 48.9 Å². The lowest BCUT2D eigenvalue weighted by atomic mass is 10.1. The van der Waals surface area contributed by atoms with Crippen molar-refractivity contribution in [2.45, 2.75) is 45.3 Å². The van der Waals surface area contributed by atoms with Gasteiger partial charge in [-0.1, -0.05) is 36.8 Å². The molecular formula is C23H35IN4O2. The molecule has 3 rings (SSSR count). The molecule has 1 fully saturated rings. The van der Waals surface area contributed by atoms with Gasteiger partial charge in [-0.15, -0.1) is 24.0 Å². The molecule has 1 aromatic heterocycles. The number of aryl methyl sites for hydroxylation is 1. The first-order valence-electron chi connectivity index (χ1n) is 10.7. The average molecular weight is 526 g/mol. The summed E-state index contributed by atoms with van der Waals surface area (Å²) in [5.74, 6) is 1.69. The minimum Gasteiger partial charge on any atom is -0.469 e. The number of likely N-dealkylation sites (tertiary alicyclic amines) is 1. The molecule has 1 aliphatic heterocycles. The zero-order chi connectivity index (χ0) is 20.5. The largest absolute Gasteiger partial charge is 0.469 e. The first-order chi connectivity index (χ1) is 14.2. The Bertz CT molecular complexity index is 766. The summed E-state index contributed by atoms with van der Waals surface area (Å²) in [5.41, 5.74) is 2.04. The first-order valence-corrected chi connectivity index (χ1v) is 10.7. The number of benzene rings is 1. The van der Waals surface area contributed by atoms with Crippen LogP contribution in [0.25, 0.3) is 0 Å². The van der Waals surface area contributed by atoms with E-state index in [0.29, 0.717) is 12.6 Å². The van der Waals surface area contributed by atoms with Gasteiger partial charge >= 0.3 is 0 Å². The van der Waals surface area contributed by atoms with Crippen LogP contribution in [0.5, 0.6) is 0 Å². The van der Waals surface area contributed by atoms with Gasteiger partial charge in [0.15, 0.2) is 5.96 Å². The number of nitrogens with zero attached hydrogens (tertiary/aromatic N) is 2. The average Bonchev–Trinajstić information content (AvgIpc) is 3.41. The number of guanidine groups is 1. The van der Waals surface area contributed by atoms with Crippen LogP contribution in [0.4, 0.5) is 0 Å². The zero-order valence-corrected chi connectivity index (χ0v) is 20.3. The minimum absolute atomic E-state index is 0. The number of likely N-dealkylation sites (N-methyl/N-ethyl adjacent to an activating group) is 1. The summed E-state index contributed by atoms with van der Waals surface area (Å²) in [6.07, 6.45) is 4.34. The topological polar surface area (TPSA) is 73.0 Å². The van der Waals surface area contributed by atoms with E-state index in [1.165, 1.54) is 19.4 Å². The smallest absolute Gasteiger partial charge is 0.191 e. The molecule has 0 bridgehead atoms. The maximum atomic E-state index is 10.5. The molecule has 6 nitrogen and oxygen atoms in total. The van der Waals surface area contributed by atoms with Gasteiger partial charge in [0.25, 0.3) is 0 Å². The van der Waals surface area contributed by atoms with Crippen LogP contribution in [0.1, 0.15) is 42.8 Å². The number of aliphatic hydroxyl groups is 1. The molecule has 1 aliphatic rings. The number of halogens is 1. The van der Waals surface area contributed by atoms with Gasteiger partial charge in [0.05, 0.1) is 18.9 Å². The molecule has 0 aliphatic carbocycles. The normalized spacial score (nSPS) is 18.1. The van der Waals surface area contributed by atoms with Crippen molar-refractivity contribution < 1.29 is 9.52 Å². The lowest BCUT2D eigenvalue weighted by Gasteiger charge is -2.24. The molecular weight excluding hydrogens is 491 g/mol. The Hall–Kier alpha value is -1.58. The minimum atomic E-state index is -0.614. The Balaban J connectivity index is 0.00000320. The maximum Gasteiger partial charge on any atom is 0.191 e. The van der Waals surface area contributed by atoms with Crippen LogP contribution >= 0.6 is 24.0 Å². The standard InChI is InChI=1S/C23H34N4O2.HI/c1-3-27-13-5-9-20(27)16-25-23(24-12-11-21-10-6-14-29-21)26-17-22(28)19-8-4-7-18(2)15-19;/h4,6-8,10,14-15,20,22,28H,3,5,9,11-13,16-17H2,1-2H3,(H2,24,25,26);1H. The number of hydrogen-bond acceptors (Lipinski definition) is 4. The molecule has 2 unspecified atom stereocenters. The summed E-state index contributed by atoms with van der Waals surface area (Å²) in [6.45, 7) is 8.41. The lowest BCUT2D eigenvalue weighted by Crippen LogP contribution is -2.45. The fraction of sp³-hybridized carbons (Fsp3) is 0.522. The van der Waals surface area contributed by atoms with E-state index in [-0.39, 0.29) is 24.0 Å². The van der Waals surface area contributed by atoms with Gasteiger partial charge in [-0.2, -0.15) is 0 Å². The molecule has 2 aromatic rings. The molecule has 30 heavy (non-hydrogen) atoms. The SMILES string of the molecule is CCN1CCCC1CNC(=NCC(O)c1cccc(C)c1)NCCc1ccco1.I. The summed E-state index contributed by atoms with van der Waals surface area (Å²) >= 11 is 0. The Morgan fingerprint density at radius 3 is 2.90 bits per heavy atom. The van der Waals surface area contributed by atoms with Crippen LogP contribution in [0, 0.1) is 6.92 Å². The van der Waals surface area contributed by atoms with Gasteiger partial charge in [-0.05, 0) is 50.6 Å². The lowest BCUT2D eigenvalue weighted by molar-refractivity contribution is 0.187. The van der Waals surface area contributed by atoms with Crippen molar-refractivity contribution in [2.24, 2.45) is 4.99 Å². The van der Waals surface area contributed by atoms with Crippen LogP contribution in [-0.4, -0.2) is 54.7 Å². The predicted octanol–water partition coefficient (Wildman–Crippen LogP) is 3.50. The fourth-order valence-corrected chi connectivity index (χ4v) is 3.85. The molecule has 2 heterocycles. The third-order valence-electron chi connectivity index (χ3n) is 5.50. The Kier molecular flexibility index (Phi) is 10.7. The molecule has 3 N–H and O–H groups in total. The van der Waals surface area contributed by atoms with Gasteiger partial charge in [0.1, 0.15) is 5.76 Å². The summed E-state index contributed by atoms with van der Waals surface area (Å²) in [6, 6.07) is 12.4. The van der Waals surface area contributed by atoms with E-state index in [1.807, 2.05) is 43.3 Å². The summed E-state index contributed by atoms with van der Waals surface area (Å²) in [7, 11) is 0. The van der Waals surface area contributed by atoms with E-state index in [2.05, 4.69) is 27.4 Å². The van der Waals surface area contributed by atoms with Crippen molar-refractivity contribution in [3.8, 4) is 0 Å². The molecule has 166 valence electrons. The van der Waals surface area contributed by atoms with E-state index < -0.39 is 6.10 Å². The number of hydrogen-bond donors (Lipinski definition) is 3. The third-order valence-corrected chi connectivity index (χ3v) is 5.50. The monoisotopic (exact) mass is 526 g/mol. The molecule has 1 saturated heterocycles. The third kappa shape index (κ3) is 7.59. The van der Waals surface area contributed by atoms with Crippen molar-refractivity contribution in [3.63, 3.8) is 0 Å². The van der Waals surface area contributed by atoms with Crippen LogP contribution in [0.2, 0.25) is 0 Å². The van der Waals surface area contributed by atoms with Crippen molar-refractivity contribution in [1.82, 2.24) is 15.5 Å². The van der Waals surface area contributed by atoms with E-state index in [1.54, 1.807) is 6.26 Å². The molecule has 0 amide bonds. The fourth-order valence-electron chi connectivity index (χ4n) is 3.85. The maximum absolute atomic E-state index is 10.5. The van der Waals surface area contributed by atoms with E-state index >= 15 is 0 Å². The molecule has 1 aromatic carbocycles. The molecule has 7 heteroatoms. The first kappa shape index (κ1) is 24.7. The van der Waals surface area contributed by atoms with Gasteiger partial charge < -0.3 is 20.2 Å². The van der Waals surface area contributed by atoms with Crippen molar-refractivity contribution >= 4 is 29.9 Å². The second kappa shape index (κ2) is 13.0. The number of furan rings is 1. The second-order valence-electron chi connectivity index (χ2n) is 7.68. The highest BCUT2D eigenvalue weighted by Crippen LogP contribution is 2.16. The molecule has 2 atom stereocenters. The second-order valence-corrected chi connectivity index (χ2v) is 7.68. The summed E-state index contributed by atoms with van der Waals surface area (Å²) in [5, 5.41) is 17.4. The number of aliphatic hydroxyl groups excluding tert-OH is 1. The predicted molar refractivity (Wildman–Crippen MR) is 133 cm³/mol. The number of rotatable bonds is 9. The quantitative estimate of drug-likeness (QED) is 0.265. The van der Waals surface area contributed by atoms with Crippen molar-refractivity contribution in [3.05, 3.63) is 59.5 Å². The van der Waals surface area contributed by atoms with Crippen molar-refractivity contribution in [1.29, 1.82) is 0 Å². The Morgan fingerprint density at radius 2 is 2.17 bits per heavy atom. The van der Waals surface area contributed by atoms with E-state index in [9.17, 15) is 5.11 Å². The van der Waals surface area contributed by atoms with Crippen molar-refractivity contribution in [2.75, 3.05) is 32.7 Å². The van der Waals surface area contributed by atoms with Crippen LogP contribution in [-0.2, 0) is 6.42 Å². The summed E-state index contributed by atoms with van der Waals surface area (Å²) < 4.78 is 5.41. The Labute approximate surface area is 197 Å². The Morgan fingerprint density at radius 1 is 1.30 bits per heavy atom. The van der Waals surface area contributed by atoms with Gasteiger partial charge in [-0.25, -0.2) is 0 Å². The number of nitrogens with one attached hydrogen (secondary N) is 2. The molecule has 0 radical (unpaired) electrons. The molecule has 0 saturated carbocycles. The molecule has 0 spiro atoms. The van der Waals surface area contributed by atoms with Crippen LogP contribution in [0.15, 0.2) is 52.1 Å². The van der Waals surface area contributed by atoms with Gasteiger partial charge in [0, 0.05) is 25.6 Å². The van der Waals surface area contributed by atoms with Crippen LogP contribution in [0.3, 0.4) is 0 Å². The van der Waals surface area contributed by atoms with Gasteiger partial charge in [0.2, 0.25) is 0 Å². The van der Waals surface area contributed by atoms with Gasteiger partial charge in [-0.3, -0.25) is 9.89 Å². The number of aliphatic imine (C=N–C) groups is 1. The summed E-state index contributed by atoms with van der Waals surface area (Å²) in [4.78, 5) is 7.16.